The highest BCUT2D eigenvalue weighted by Crippen LogP contribution is 2.23. The van der Waals surface area contributed by atoms with Gasteiger partial charge in [0.15, 0.2) is 0 Å². The lowest BCUT2D eigenvalue weighted by atomic mass is 10.1. The Morgan fingerprint density at radius 2 is 1.62 bits per heavy atom. The van der Waals surface area contributed by atoms with Crippen molar-refractivity contribution in [2.24, 2.45) is 0 Å². The Bertz CT molecular complexity index is 1090. The van der Waals surface area contributed by atoms with Gasteiger partial charge in [-0.05, 0) is 62.4 Å². The van der Waals surface area contributed by atoms with Crippen LogP contribution >= 0.6 is 0 Å². The number of hydrogen-bond donors (Lipinski definition) is 1. The van der Waals surface area contributed by atoms with E-state index in [0.717, 1.165) is 52.9 Å². The van der Waals surface area contributed by atoms with E-state index in [1.54, 1.807) is 19.1 Å². The zero-order valence-corrected chi connectivity index (χ0v) is 21.3. The predicted octanol–water partition coefficient (Wildman–Crippen LogP) is 3.55. The minimum Gasteiger partial charge on any atom is -0.352 e. The van der Waals surface area contributed by atoms with Gasteiger partial charge >= 0.3 is 0 Å². The topological polar surface area (TPSA) is 86.8 Å². The molecule has 8 heteroatoms. The Hall–Kier alpha value is -2.87. The van der Waals surface area contributed by atoms with Crippen LogP contribution in [0.2, 0.25) is 0 Å². The molecule has 2 aromatic carbocycles. The zero-order chi connectivity index (χ0) is 24.9. The maximum Gasteiger partial charge on any atom is 0.244 e. The van der Waals surface area contributed by atoms with Crippen LogP contribution in [-0.4, -0.2) is 50.0 Å². The van der Waals surface area contributed by atoms with Gasteiger partial charge in [0.1, 0.15) is 12.6 Å². The highest BCUT2D eigenvalue weighted by Gasteiger charge is 2.31. The maximum atomic E-state index is 13.6. The van der Waals surface area contributed by atoms with Crippen LogP contribution in [0, 0.1) is 13.8 Å². The lowest BCUT2D eigenvalue weighted by Crippen LogP contribution is -2.52. The number of carbonyl (C=O) groups excluding carboxylic acids is 2. The van der Waals surface area contributed by atoms with Crippen molar-refractivity contribution in [2.75, 3.05) is 17.1 Å². The predicted molar refractivity (Wildman–Crippen MR) is 135 cm³/mol. The van der Waals surface area contributed by atoms with Gasteiger partial charge in [0.25, 0.3) is 0 Å². The first kappa shape index (κ1) is 25.7. The molecule has 1 saturated carbocycles. The summed E-state index contributed by atoms with van der Waals surface area (Å²) in [5.74, 6) is -0.643. The van der Waals surface area contributed by atoms with Gasteiger partial charge in [-0.25, -0.2) is 8.42 Å². The third-order valence-corrected chi connectivity index (χ3v) is 7.38. The van der Waals surface area contributed by atoms with Crippen molar-refractivity contribution in [1.82, 2.24) is 10.2 Å². The van der Waals surface area contributed by atoms with Crippen LogP contribution < -0.4 is 9.62 Å². The molecule has 34 heavy (non-hydrogen) atoms. The molecule has 1 unspecified atom stereocenters. The molecular formula is C26H35N3O4S. The molecule has 1 fully saturated rings. The first-order valence-electron chi connectivity index (χ1n) is 11.7. The number of benzene rings is 2. The van der Waals surface area contributed by atoms with Gasteiger partial charge < -0.3 is 10.2 Å². The second-order valence-electron chi connectivity index (χ2n) is 9.29. The molecule has 2 amide bonds. The summed E-state index contributed by atoms with van der Waals surface area (Å²) >= 11 is 0. The molecule has 0 saturated heterocycles. The van der Waals surface area contributed by atoms with Crippen LogP contribution in [0.15, 0.2) is 48.5 Å². The van der Waals surface area contributed by atoms with E-state index in [4.69, 9.17) is 0 Å². The molecule has 0 radical (unpaired) electrons. The number of sulfonamides is 1. The normalized spacial score (nSPS) is 15.1. The van der Waals surface area contributed by atoms with E-state index in [0.29, 0.717) is 5.69 Å². The molecule has 0 heterocycles. The first-order chi connectivity index (χ1) is 16.0. The lowest BCUT2D eigenvalue weighted by molar-refractivity contribution is -0.139. The highest BCUT2D eigenvalue weighted by molar-refractivity contribution is 7.92. The second kappa shape index (κ2) is 11.0. The molecular weight excluding hydrogens is 450 g/mol. The maximum absolute atomic E-state index is 13.6. The molecule has 1 N–H and O–H groups in total. The summed E-state index contributed by atoms with van der Waals surface area (Å²) in [5.41, 5.74) is 3.12. The molecule has 184 valence electrons. The van der Waals surface area contributed by atoms with E-state index in [2.05, 4.69) is 5.32 Å². The van der Waals surface area contributed by atoms with Crippen molar-refractivity contribution in [3.05, 3.63) is 65.2 Å². The second-order valence-corrected chi connectivity index (χ2v) is 11.2. The number of nitrogens with one attached hydrogen (secondary N) is 1. The van der Waals surface area contributed by atoms with Crippen LogP contribution in [-0.2, 0) is 26.2 Å². The van der Waals surface area contributed by atoms with Crippen molar-refractivity contribution >= 4 is 27.5 Å². The van der Waals surface area contributed by atoms with E-state index in [9.17, 15) is 18.0 Å². The molecule has 0 spiro atoms. The van der Waals surface area contributed by atoms with Crippen LogP contribution in [0.4, 0.5) is 5.69 Å². The monoisotopic (exact) mass is 485 g/mol. The lowest BCUT2D eigenvalue weighted by Gasteiger charge is -2.32. The molecule has 0 aromatic heterocycles. The van der Waals surface area contributed by atoms with Gasteiger partial charge in [-0.3, -0.25) is 13.9 Å². The quantitative estimate of drug-likeness (QED) is 0.589. The van der Waals surface area contributed by atoms with Crippen molar-refractivity contribution in [2.45, 2.75) is 65.1 Å². The summed E-state index contributed by atoms with van der Waals surface area (Å²) in [5, 5.41) is 3.07. The zero-order valence-electron chi connectivity index (χ0n) is 20.5. The molecule has 0 bridgehead atoms. The molecule has 0 aliphatic heterocycles. The Morgan fingerprint density at radius 1 is 1.03 bits per heavy atom. The summed E-state index contributed by atoms with van der Waals surface area (Å²) in [6, 6.07) is 14.2. The number of carbonyl (C=O) groups is 2. The number of amides is 2. The summed E-state index contributed by atoms with van der Waals surface area (Å²) in [7, 11) is -3.73. The van der Waals surface area contributed by atoms with Crippen LogP contribution in [0.3, 0.4) is 0 Å². The third kappa shape index (κ3) is 6.82. The molecule has 7 nitrogen and oxygen atoms in total. The SMILES string of the molecule is Cc1cc(C)cc(N(CC(=O)N(Cc2ccccc2)C(C)C(=O)NC2CCCC2)S(C)(=O)=O)c1. The van der Waals surface area contributed by atoms with E-state index < -0.39 is 22.0 Å². The van der Waals surface area contributed by atoms with Crippen molar-refractivity contribution in [1.29, 1.82) is 0 Å². The summed E-state index contributed by atoms with van der Waals surface area (Å²) in [6.45, 7) is 5.30. The van der Waals surface area contributed by atoms with Gasteiger partial charge in [-0.2, -0.15) is 0 Å². The highest BCUT2D eigenvalue weighted by atomic mass is 32.2. The molecule has 3 rings (SSSR count). The van der Waals surface area contributed by atoms with Gasteiger partial charge in [-0.15, -0.1) is 0 Å². The molecule has 1 aliphatic rings. The smallest absolute Gasteiger partial charge is 0.244 e. The van der Waals surface area contributed by atoms with Crippen molar-refractivity contribution in [3.8, 4) is 0 Å². The summed E-state index contributed by atoms with van der Waals surface area (Å²) in [4.78, 5) is 28.1. The van der Waals surface area contributed by atoms with E-state index in [-0.39, 0.29) is 25.0 Å². The van der Waals surface area contributed by atoms with Gasteiger partial charge in [0, 0.05) is 12.6 Å². The van der Waals surface area contributed by atoms with Crippen LogP contribution in [0.1, 0.15) is 49.3 Å². The van der Waals surface area contributed by atoms with Gasteiger partial charge in [0.05, 0.1) is 11.9 Å². The van der Waals surface area contributed by atoms with Crippen LogP contribution in [0.25, 0.3) is 0 Å². The van der Waals surface area contributed by atoms with Crippen molar-refractivity contribution in [3.63, 3.8) is 0 Å². The standard InChI is InChI=1S/C26H35N3O4S/c1-19-14-20(2)16-24(15-19)29(34(4,32)33)18-25(30)28(17-22-10-6-5-7-11-22)21(3)26(31)27-23-12-8-9-13-23/h5-7,10-11,14-16,21,23H,8-9,12-13,17-18H2,1-4H3,(H,27,31). The minimum atomic E-state index is -3.73. The number of anilines is 1. The number of nitrogens with zero attached hydrogens (tertiary/aromatic N) is 2. The average Bonchev–Trinajstić information content (AvgIpc) is 3.27. The number of rotatable bonds is 9. The fourth-order valence-electron chi connectivity index (χ4n) is 4.46. The fourth-order valence-corrected chi connectivity index (χ4v) is 5.30. The fraction of sp³-hybridized carbons (Fsp3) is 0.462. The Morgan fingerprint density at radius 3 is 2.18 bits per heavy atom. The van der Waals surface area contributed by atoms with E-state index >= 15 is 0 Å². The Kier molecular flexibility index (Phi) is 8.36. The van der Waals surface area contributed by atoms with E-state index in [1.165, 1.54) is 4.90 Å². The average molecular weight is 486 g/mol. The molecule has 2 aromatic rings. The number of aryl methyl sites for hydroxylation is 2. The first-order valence-corrected chi connectivity index (χ1v) is 13.6. The van der Waals surface area contributed by atoms with Gasteiger partial charge in [0.2, 0.25) is 21.8 Å². The van der Waals surface area contributed by atoms with Gasteiger partial charge in [-0.1, -0.05) is 49.2 Å². The van der Waals surface area contributed by atoms with E-state index in [1.807, 2.05) is 50.2 Å². The summed E-state index contributed by atoms with van der Waals surface area (Å²) < 4.78 is 26.5. The Labute approximate surface area is 203 Å². The minimum absolute atomic E-state index is 0.131. The Balaban J connectivity index is 1.88. The summed E-state index contributed by atoms with van der Waals surface area (Å²) in [6.07, 6.45) is 5.16. The molecule has 1 atom stereocenters. The molecule has 1 aliphatic carbocycles. The largest absolute Gasteiger partial charge is 0.352 e. The van der Waals surface area contributed by atoms with Crippen LogP contribution in [0.5, 0.6) is 0 Å². The number of hydrogen-bond acceptors (Lipinski definition) is 4. The van der Waals surface area contributed by atoms with Crippen molar-refractivity contribution < 1.29 is 18.0 Å². The third-order valence-electron chi connectivity index (χ3n) is 6.24.